The summed E-state index contributed by atoms with van der Waals surface area (Å²) in [5.74, 6) is 1.01. The van der Waals surface area contributed by atoms with Crippen LogP contribution in [0.15, 0.2) is 6.33 Å². The molecule has 3 rings (SSSR count). The third kappa shape index (κ3) is 2.35. The van der Waals surface area contributed by atoms with E-state index in [1.165, 1.54) is 6.33 Å². The monoisotopic (exact) mass is 280 g/mol. The van der Waals surface area contributed by atoms with Gasteiger partial charge in [0.2, 0.25) is 5.88 Å². The summed E-state index contributed by atoms with van der Waals surface area (Å²) in [6, 6.07) is 0. The molecule has 0 aromatic carbocycles. The van der Waals surface area contributed by atoms with Crippen LogP contribution in [0.3, 0.4) is 0 Å². The molecule has 102 valence electrons. The van der Waals surface area contributed by atoms with E-state index in [2.05, 4.69) is 15.0 Å². The van der Waals surface area contributed by atoms with Crippen LogP contribution in [0.25, 0.3) is 11.2 Å². The summed E-state index contributed by atoms with van der Waals surface area (Å²) in [4.78, 5) is 11.5. The Kier molecular flexibility index (Phi) is 3.48. The first kappa shape index (κ1) is 12.6. The average Bonchev–Trinajstić information content (AvgIpc) is 2.76. The summed E-state index contributed by atoms with van der Waals surface area (Å²) in [5.41, 5.74) is 1.55. The second kappa shape index (κ2) is 5.26. The number of imidazole rings is 1. The van der Waals surface area contributed by atoms with Crippen LogP contribution >= 0.6 is 12.2 Å². The number of methoxy groups -OCH3 is 1. The molecule has 7 heteroatoms. The largest absolute Gasteiger partial charge is 0.479 e. The van der Waals surface area contributed by atoms with E-state index in [4.69, 9.17) is 21.7 Å². The van der Waals surface area contributed by atoms with Gasteiger partial charge in [-0.2, -0.15) is 4.98 Å². The molecule has 0 amide bonds. The fourth-order valence-electron chi connectivity index (χ4n) is 2.48. The Labute approximate surface area is 115 Å². The number of rotatable bonds is 3. The van der Waals surface area contributed by atoms with Crippen LogP contribution in [0.2, 0.25) is 0 Å². The maximum Gasteiger partial charge on any atom is 0.242 e. The second-order valence-corrected chi connectivity index (χ2v) is 5.09. The molecule has 0 aliphatic carbocycles. The summed E-state index contributed by atoms with van der Waals surface area (Å²) < 4.78 is 13.4. The first-order valence-corrected chi connectivity index (χ1v) is 6.75. The SMILES string of the molecule is COc1ncnc2c1[nH]c(=S)n2CC1CCCOC1. The van der Waals surface area contributed by atoms with E-state index in [1.54, 1.807) is 7.11 Å². The molecule has 1 aliphatic rings. The normalized spacial score (nSPS) is 19.7. The highest BCUT2D eigenvalue weighted by Gasteiger charge is 2.18. The molecule has 1 saturated heterocycles. The van der Waals surface area contributed by atoms with E-state index >= 15 is 0 Å². The van der Waals surface area contributed by atoms with Crippen molar-refractivity contribution < 1.29 is 9.47 Å². The quantitative estimate of drug-likeness (QED) is 0.870. The Morgan fingerprint density at radius 2 is 2.47 bits per heavy atom. The highest BCUT2D eigenvalue weighted by molar-refractivity contribution is 7.71. The van der Waals surface area contributed by atoms with E-state index in [9.17, 15) is 0 Å². The molecule has 0 radical (unpaired) electrons. The van der Waals surface area contributed by atoms with E-state index in [-0.39, 0.29) is 0 Å². The number of hydrogen-bond donors (Lipinski definition) is 1. The number of fused-ring (bicyclic) bond motifs is 1. The first-order chi connectivity index (χ1) is 9.29. The summed E-state index contributed by atoms with van der Waals surface area (Å²) in [7, 11) is 1.59. The molecular formula is C12H16N4O2S. The molecule has 19 heavy (non-hydrogen) atoms. The van der Waals surface area contributed by atoms with Crippen LogP contribution < -0.4 is 4.74 Å². The summed E-state index contributed by atoms with van der Waals surface area (Å²) in [6.45, 7) is 2.47. The third-order valence-corrected chi connectivity index (χ3v) is 3.74. The highest BCUT2D eigenvalue weighted by Crippen LogP contribution is 2.23. The van der Waals surface area contributed by atoms with Gasteiger partial charge in [-0.1, -0.05) is 0 Å². The van der Waals surface area contributed by atoms with Gasteiger partial charge in [0.15, 0.2) is 10.4 Å². The predicted octanol–water partition coefficient (Wildman–Crippen LogP) is 1.92. The molecule has 1 N–H and O–H groups in total. The van der Waals surface area contributed by atoms with Gasteiger partial charge in [0.05, 0.1) is 13.7 Å². The van der Waals surface area contributed by atoms with Crippen molar-refractivity contribution in [2.75, 3.05) is 20.3 Å². The number of aromatic amines is 1. The minimum absolute atomic E-state index is 0.486. The summed E-state index contributed by atoms with van der Waals surface area (Å²) in [6.07, 6.45) is 3.77. The fourth-order valence-corrected chi connectivity index (χ4v) is 2.74. The van der Waals surface area contributed by atoms with Crippen LogP contribution in [0.5, 0.6) is 5.88 Å². The highest BCUT2D eigenvalue weighted by atomic mass is 32.1. The lowest BCUT2D eigenvalue weighted by Gasteiger charge is -2.22. The van der Waals surface area contributed by atoms with Crippen molar-refractivity contribution in [1.82, 2.24) is 19.5 Å². The molecule has 3 heterocycles. The number of nitrogens with one attached hydrogen (secondary N) is 1. The predicted molar refractivity (Wildman–Crippen MR) is 72.8 cm³/mol. The van der Waals surface area contributed by atoms with E-state index in [0.29, 0.717) is 16.6 Å². The van der Waals surface area contributed by atoms with Crippen molar-refractivity contribution in [2.24, 2.45) is 5.92 Å². The van der Waals surface area contributed by atoms with Gasteiger partial charge >= 0.3 is 0 Å². The van der Waals surface area contributed by atoms with Crippen molar-refractivity contribution in [3.63, 3.8) is 0 Å². The second-order valence-electron chi connectivity index (χ2n) is 4.71. The van der Waals surface area contributed by atoms with Crippen LogP contribution in [0, 0.1) is 10.7 Å². The summed E-state index contributed by atoms with van der Waals surface area (Å²) in [5, 5.41) is 0. The molecule has 0 bridgehead atoms. The van der Waals surface area contributed by atoms with Crippen molar-refractivity contribution >= 4 is 23.4 Å². The lowest BCUT2D eigenvalue weighted by Crippen LogP contribution is -2.22. The third-order valence-electron chi connectivity index (χ3n) is 3.41. The minimum atomic E-state index is 0.486. The molecule has 2 aromatic heterocycles. The Bertz CT molecular complexity index is 630. The molecule has 1 fully saturated rings. The molecular weight excluding hydrogens is 264 g/mol. The van der Waals surface area contributed by atoms with Gasteiger partial charge < -0.3 is 19.0 Å². The number of hydrogen-bond acceptors (Lipinski definition) is 5. The number of H-pyrrole nitrogens is 1. The maximum atomic E-state index is 5.51. The zero-order valence-electron chi connectivity index (χ0n) is 10.8. The minimum Gasteiger partial charge on any atom is -0.479 e. The van der Waals surface area contributed by atoms with E-state index in [1.807, 2.05) is 4.57 Å². The van der Waals surface area contributed by atoms with Gasteiger partial charge in [0.25, 0.3) is 0 Å². The van der Waals surface area contributed by atoms with E-state index < -0.39 is 0 Å². The van der Waals surface area contributed by atoms with Gasteiger partial charge in [-0.25, -0.2) is 4.98 Å². The molecule has 1 unspecified atom stereocenters. The molecule has 6 nitrogen and oxygen atoms in total. The smallest absolute Gasteiger partial charge is 0.242 e. The van der Waals surface area contributed by atoms with Gasteiger partial charge in [-0.05, 0) is 25.1 Å². The zero-order valence-corrected chi connectivity index (χ0v) is 11.6. The van der Waals surface area contributed by atoms with Gasteiger partial charge in [0, 0.05) is 19.1 Å². The zero-order chi connectivity index (χ0) is 13.2. The Hall–Kier alpha value is -1.47. The van der Waals surface area contributed by atoms with Gasteiger partial charge in [0.1, 0.15) is 11.8 Å². The van der Waals surface area contributed by atoms with Gasteiger partial charge in [-0.3, -0.25) is 0 Å². The van der Waals surface area contributed by atoms with Crippen LogP contribution in [0.1, 0.15) is 12.8 Å². The topological polar surface area (TPSA) is 65.0 Å². The average molecular weight is 280 g/mol. The molecule has 1 aliphatic heterocycles. The van der Waals surface area contributed by atoms with Crippen LogP contribution in [-0.2, 0) is 11.3 Å². The summed E-state index contributed by atoms with van der Waals surface area (Å²) >= 11 is 5.37. The standard InChI is InChI=1S/C12H16N4O2S/c1-17-11-9-10(13-7-14-11)16(12(19)15-9)5-8-3-2-4-18-6-8/h7-8H,2-6H2,1H3,(H,15,19). The van der Waals surface area contributed by atoms with Crippen molar-refractivity contribution in [3.8, 4) is 5.88 Å². The van der Waals surface area contributed by atoms with Crippen LogP contribution in [-0.4, -0.2) is 39.8 Å². The van der Waals surface area contributed by atoms with Crippen molar-refractivity contribution in [3.05, 3.63) is 11.1 Å². The number of ether oxygens (including phenoxy) is 2. The first-order valence-electron chi connectivity index (χ1n) is 6.35. The molecule has 1 atom stereocenters. The maximum absolute atomic E-state index is 5.51. The van der Waals surface area contributed by atoms with Gasteiger partial charge in [-0.15, -0.1) is 0 Å². The lowest BCUT2D eigenvalue weighted by atomic mass is 10.0. The van der Waals surface area contributed by atoms with E-state index in [0.717, 1.165) is 43.8 Å². The van der Waals surface area contributed by atoms with Crippen LogP contribution in [0.4, 0.5) is 0 Å². The Balaban J connectivity index is 1.98. The molecule has 0 spiro atoms. The fraction of sp³-hybridized carbons (Fsp3) is 0.583. The Morgan fingerprint density at radius 1 is 1.58 bits per heavy atom. The lowest BCUT2D eigenvalue weighted by molar-refractivity contribution is 0.0486. The number of aromatic nitrogens is 4. The number of nitrogens with zero attached hydrogens (tertiary/aromatic N) is 3. The molecule has 2 aromatic rings. The molecule has 0 saturated carbocycles. The van der Waals surface area contributed by atoms with Crippen molar-refractivity contribution in [2.45, 2.75) is 19.4 Å². The van der Waals surface area contributed by atoms with Crippen molar-refractivity contribution in [1.29, 1.82) is 0 Å². The Morgan fingerprint density at radius 3 is 3.21 bits per heavy atom.